The molecule has 7 heteroatoms. The van der Waals surface area contributed by atoms with Crippen LogP contribution < -0.4 is 5.32 Å². The molecular weight excluding hydrogens is 375 g/mol. The highest BCUT2D eigenvalue weighted by molar-refractivity contribution is 6.34. The minimum atomic E-state index is -0.217. The monoisotopic (exact) mass is 392 g/mol. The van der Waals surface area contributed by atoms with Crippen molar-refractivity contribution in [3.05, 3.63) is 63.6 Å². The van der Waals surface area contributed by atoms with Gasteiger partial charge in [0.2, 0.25) is 5.91 Å². The normalized spacial score (nSPS) is 14.2. The van der Waals surface area contributed by atoms with Crippen LogP contribution in [-0.4, -0.2) is 43.0 Å². The van der Waals surface area contributed by atoms with Gasteiger partial charge in [0.05, 0.1) is 30.3 Å². The fourth-order valence-corrected chi connectivity index (χ4v) is 2.98. The molecule has 2 aromatic rings. The number of nitrogens with zero attached hydrogens (tertiary/aromatic N) is 1. The third-order valence-electron chi connectivity index (χ3n) is 4.06. The van der Waals surface area contributed by atoms with Gasteiger partial charge in [-0.05, 0) is 35.9 Å². The second-order valence-electron chi connectivity index (χ2n) is 5.95. The summed E-state index contributed by atoms with van der Waals surface area (Å²) in [5, 5.41) is 3.77. The first-order chi connectivity index (χ1) is 12.5. The van der Waals surface area contributed by atoms with Crippen molar-refractivity contribution in [1.29, 1.82) is 0 Å². The van der Waals surface area contributed by atoms with Crippen LogP contribution in [0.5, 0.6) is 0 Å². The van der Waals surface area contributed by atoms with E-state index in [4.69, 9.17) is 27.9 Å². The van der Waals surface area contributed by atoms with E-state index in [0.717, 1.165) is 5.56 Å². The molecule has 5 nitrogen and oxygen atoms in total. The lowest BCUT2D eigenvalue weighted by atomic mass is 10.1. The predicted molar refractivity (Wildman–Crippen MR) is 102 cm³/mol. The molecule has 1 fully saturated rings. The first-order valence-corrected chi connectivity index (χ1v) is 8.99. The Balaban J connectivity index is 1.69. The number of amides is 2. The molecule has 0 unspecified atom stereocenters. The Hall–Kier alpha value is -2.08. The average molecular weight is 393 g/mol. The van der Waals surface area contributed by atoms with Gasteiger partial charge in [-0.2, -0.15) is 0 Å². The molecule has 0 atom stereocenters. The summed E-state index contributed by atoms with van der Waals surface area (Å²) >= 11 is 12.0. The lowest BCUT2D eigenvalue weighted by molar-refractivity contribution is -0.115. The lowest BCUT2D eigenvalue weighted by Crippen LogP contribution is -2.40. The Morgan fingerprint density at radius 2 is 1.73 bits per heavy atom. The van der Waals surface area contributed by atoms with E-state index in [1.165, 1.54) is 0 Å². The number of carbonyl (C=O) groups excluding carboxylic acids is 2. The van der Waals surface area contributed by atoms with Crippen molar-refractivity contribution in [2.75, 3.05) is 31.6 Å². The fraction of sp³-hybridized carbons (Fsp3) is 0.263. The van der Waals surface area contributed by atoms with Gasteiger partial charge < -0.3 is 15.0 Å². The molecule has 0 aromatic heterocycles. The van der Waals surface area contributed by atoms with Crippen LogP contribution in [0.2, 0.25) is 10.0 Å². The molecule has 26 heavy (non-hydrogen) atoms. The van der Waals surface area contributed by atoms with Crippen molar-refractivity contribution in [3.63, 3.8) is 0 Å². The molecule has 0 spiro atoms. The summed E-state index contributed by atoms with van der Waals surface area (Å²) in [5.74, 6) is -0.316. The highest BCUT2D eigenvalue weighted by atomic mass is 35.5. The van der Waals surface area contributed by atoms with Crippen LogP contribution in [0.25, 0.3) is 0 Å². The van der Waals surface area contributed by atoms with Crippen LogP contribution in [0.3, 0.4) is 0 Å². The number of rotatable bonds is 4. The molecule has 1 N–H and O–H groups in total. The number of halogens is 2. The van der Waals surface area contributed by atoms with Crippen LogP contribution in [0.4, 0.5) is 5.69 Å². The van der Waals surface area contributed by atoms with E-state index in [2.05, 4.69) is 5.32 Å². The van der Waals surface area contributed by atoms with Crippen molar-refractivity contribution >= 4 is 40.7 Å². The topological polar surface area (TPSA) is 58.6 Å². The maximum absolute atomic E-state index is 12.6. The molecule has 1 heterocycles. The first-order valence-electron chi connectivity index (χ1n) is 8.24. The maximum Gasteiger partial charge on any atom is 0.254 e. The van der Waals surface area contributed by atoms with Gasteiger partial charge in [-0.3, -0.25) is 9.59 Å². The summed E-state index contributed by atoms with van der Waals surface area (Å²) in [6.07, 6.45) is 0.190. The van der Waals surface area contributed by atoms with Crippen LogP contribution in [0.1, 0.15) is 15.9 Å². The second-order valence-corrected chi connectivity index (χ2v) is 6.79. The van der Waals surface area contributed by atoms with E-state index >= 15 is 0 Å². The molecular formula is C19H18Cl2N2O3. The van der Waals surface area contributed by atoms with E-state index in [0.29, 0.717) is 47.6 Å². The summed E-state index contributed by atoms with van der Waals surface area (Å²) in [6.45, 7) is 2.17. The molecule has 2 aromatic carbocycles. The second kappa shape index (κ2) is 8.54. The third kappa shape index (κ3) is 4.75. The van der Waals surface area contributed by atoms with Gasteiger partial charge in [-0.15, -0.1) is 0 Å². The first kappa shape index (κ1) is 18.7. The van der Waals surface area contributed by atoms with Crippen molar-refractivity contribution in [3.8, 4) is 0 Å². The largest absolute Gasteiger partial charge is 0.378 e. The van der Waals surface area contributed by atoms with Crippen molar-refractivity contribution in [1.82, 2.24) is 4.90 Å². The Labute approximate surface area is 161 Å². The van der Waals surface area contributed by atoms with Gasteiger partial charge in [0.15, 0.2) is 0 Å². The lowest BCUT2D eigenvalue weighted by Gasteiger charge is -2.27. The van der Waals surface area contributed by atoms with E-state index in [1.807, 2.05) is 0 Å². The quantitative estimate of drug-likeness (QED) is 0.863. The molecule has 0 saturated carbocycles. The van der Waals surface area contributed by atoms with Gasteiger partial charge in [0, 0.05) is 23.7 Å². The van der Waals surface area contributed by atoms with Crippen molar-refractivity contribution in [2.45, 2.75) is 6.42 Å². The summed E-state index contributed by atoms with van der Waals surface area (Å²) < 4.78 is 5.26. The number of morpholine rings is 1. The SMILES string of the molecule is O=C(Cc1ccc(Cl)cc1)Nc1cc(C(=O)N2CCOCC2)ccc1Cl. The van der Waals surface area contributed by atoms with Crippen LogP contribution in [0.15, 0.2) is 42.5 Å². The number of carbonyl (C=O) groups is 2. The zero-order valence-electron chi connectivity index (χ0n) is 14.0. The molecule has 0 bridgehead atoms. The van der Waals surface area contributed by atoms with Gasteiger partial charge in [-0.25, -0.2) is 0 Å². The molecule has 1 aliphatic rings. The van der Waals surface area contributed by atoms with Gasteiger partial charge in [0.1, 0.15) is 0 Å². The van der Waals surface area contributed by atoms with E-state index in [1.54, 1.807) is 47.4 Å². The Bertz CT molecular complexity index is 803. The van der Waals surface area contributed by atoms with E-state index in [-0.39, 0.29) is 18.2 Å². The molecule has 0 radical (unpaired) electrons. The van der Waals surface area contributed by atoms with Crippen molar-refractivity contribution in [2.24, 2.45) is 0 Å². The van der Waals surface area contributed by atoms with Gasteiger partial charge in [-0.1, -0.05) is 35.3 Å². The molecule has 1 saturated heterocycles. The third-order valence-corrected chi connectivity index (χ3v) is 4.65. The molecule has 3 rings (SSSR count). The van der Waals surface area contributed by atoms with Gasteiger partial charge >= 0.3 is 0 Å². The summed E-state index contributed by atoms with van der Waals surface area (Å²) in [5.41, 5.74) is 1.74. The number of anilines is 1. The van der Waals surface area contributed by atoms with Gasteiger partial charge in [0.25, 0.3) is 5.91 Å². The number of ether oxygens (including phenoxy) is 1. The molecule has 2 amide bonds. The number of nitrogens with one attached hydrogen (secondary N) is 1. The van der Waals surface area contributed by atoms with Crippen LogP contribution in [0, 0.1) is 0 Å². The number of hydrogen-bond donors (Lipinski definition) is 1. The Morgan fingerprint density at radius 3 is 2.42 bits per heavy atom. The fourth-order valence-electron chi connectivity index (χ4n) is 2.69. The highest BCUT2D eigenvalue weighted by Crippen LogP contribution is 2.24. The summed E-state index contributed by atoms with van der Waals surface area (Å²) in [6, 6.07) is 11.9. The van der Waals surface area contributed by atoms with Crippen molar-refractivity contribution < 1.29 is 14.3 Å². The Morgan fingerprint density at radius 1 is 1.04 bits per heavy atom. The zero-order valence-corrected chi connectivity index (χ0v) is 15.5. The molecule has 1 aliphatic heterocycles. The predicted octanol–water partition coefficient (Wildman–Crippen LogP) is 3.65. The molecule has 0 aliphatic carbocycles. The summed E-state index contributed by atoms with van der Waals surface area (Å²) in [4.78, 5) is 26.6. The average Bonchev–Trinajstić information content (AvgIpc) is 2.65. The highest BCUT2D eigenvalue weighted by Gasteiger charge is 2.19. The Kier molecular flexibility index (Phi) is 6.14. The number of hydrogen-bond acceptors (Lipinski definition) is 3. The zero-order chi connectivity index (χ0) is 18.5. The molecule has 136 valence electrons. The summed E-state index contributed by atoms with van der Waals surface area (Å²) in [7, 11) is 0. The maximum atomic E-state index is 12.6. The minimum absolute atomic E-state index is 0.0989. The van der Waals surface area contributed by atoms with Crippen LogP contribution in [-0.2, 0) is 16.0 Å². The number of benzene rings is 2. The standard InChI is InChI=1S/C19H18Cl2N2O3/c20-15-4-1-13(2-5-15)11-18(24)22-17-12-14(3-6-16(17)21)19(25)23-7-9-26-10-8-23/h1-6,12H,7-11H2,(H,22,24). The minimum Gasteiger partial charge on any atom is -0.378 e. The van der Waals surface area contributed by atoms with Crippen LogP contribution >= 0.6 is 23.2 Å². The van der Waals surface area contributed by atoms with E-state index in [9.17, 15) is 9.59 Å². The van der Waals surface area contributed by atoms with E-state index < -0.39 is 0 Å². The smallest absolute Gasteiger partial charge is 0.254 e.